The predicted octanol–water partition coefficient (Wildman–Crippen LogP) is 0.722. The second-order valence-corrected chi connectivity index (χ2v) is 2.02. The number of nitrogens with zero attached hydrogens (tertiary/aromatic N) is 1. The summed E-state index contributed by atoms with van der Waals surface area (Å²) in [6.45, 7) is 6.02. The van der Waals surface area contributed by atoms with Gasteiger partial charge in [0.05, 0.1) is 6.20 Å². The summed E-state index contributed by atoms with van der Waals surface area (Å²) in [4.78, 5) is 23.1. The molecular weight excluding hydrogens is 175 g/mol. The number of aromatic nitrogens is 2. The van der Waals surface area contributed by atoms with Gasteiger partial charge in [0.25, 0.3) is 5.56 Å². The Balaban J connectivity index is 0.000000671. The second-order valence-electron chi connectivity index (χ2n) is 2.02. The monoisotopic (exact) mass is 188 g/mol. The Labute approximate surface area is 75.0 Å². The van der Waals surface area contributed by atoms with E-state index in [4.69, 9.17) is 0 Å². The molecule has 0 aliphatic rings. The number of rotatable bonds is 1. The lowest BCUT2D eigenvalue weighted by atomic mass is 10.6. The number of hydrogen-bond acceptors (Lipinski definition) is 2. The lowest BCUT2D eigenvalue weighted by molar-refractivity contribution is 0.560. The van der Waals surface area contributed by atoms with Crippen LogP contribution in [-0.2, 0) is 6.54 Å². The summed E-state index contributed by atoms with van der Waals surface area (Å²) in [5, 5.41) is 0. The molecule has 0 amide bonds. The largest absolute Gasteiger partial charge is 0.328 e. The van der Waals surface area contributed by atoms with Crippen molar-refractivity contribution in [3.05, 3.63) is 32.9 Å². The number of aryl methyl sites for hydroxylation is 1. The van der Waals surface area contributed by atoms with Crippen LogP contribution >= 0.6 is 0 Å². The van der Waals surface area contributed by atoms with Gasteiger partial charge in [0.2, 0.25) is 5.82 Å². The van der Waals surface area contributed by atoms with Gasteiger partial charge in [-0.1, -0.05) is 13.8 Å². The maximum Gasteiger partial charge on any atom is 0.328 e. The average Bonchev–Trinajstić information content (AvgIpc) is 2.15. The lowest BCUT2D eigenvalue weighted by Crippen LogP contribution is -2.30. The molecule has 1 aromatic heterocycles. The molecule has 0 aromatic carbocycles. The molecule has 1 N–H and O–H groups in total. The summed E-state index contributed by atoms with van der Waals surface area (Å²) in [5.41, 5.74) is -1.56. The van der Waals surface area contributed by atoms with E-state index < -0.39 is 17.1 Å². The standard InChI is InChI=1S/C6H7FN2O2.C2H6/c1-2-9-3-4(7)5(10)8-6(9)11;1-2/h3H,2H2,1H3,(H,8,10,11);1-2H3. The summed E-state index contributed by atoms with van der Waals surface area (Å²) in [6.07, 6.45) is 0.890. The Morgan fingerprint density at radius 2 is 2.00 bits per heavy atom. The first-order chi connectivity index (χ1) is 6.15. The van der Waals surface area contributed by atoms with Gasteiger partial charge in [0, 0.05) is 6.54 Å². The summed E-state index contributed by atoms with van der Waals surface area (Å²) in [7, 11) is 0. The highest BCUT2D eigenvalue weighted by Gasteiger charge is 2.00. The molecule has 4 nitrogen and oxygen atoms in total. The van der Waals surface area contributed by atoms with Crippen molar-refractivity contribution in [3.8, 4) is 0 Å². The second kappa shape index (κ2) is 5.29. The molecule has 1 rings (SSSR count). The zero-order valence-electron chi connectivity index (χ0n) is 7.93. The van der Waals surface area contributed by atoms with Crippen molar-refractivity contribution in [2.24, 2.45) is 0 Å². The van der Waals surface area contributed by atoms with Gasteiger partial charge in [0.1, 0.15) is 0 Å². The van der Waals surface area contributed by atoms with Crippen LogP contribution in [0.2, 0.25) is 0 Å². The molecule has 13 heavy (non-hydrogen) atoms. The van der Waals surface area contributed by atoms with E-state index in [0.29, 0.717) is 6.54 Å². The fourth-order valence-corrected chi connectivity index (χ4v) is 0.718. The van der Waals surface area contributed by atoms with Gasteiger partial charge in [0.15, 0.2) is 0 Å². The van der Waals surface area contributed by atoms with Gasteiger partial charge in [-0.05, 0) is 6.92 Å². The van der Waals surface area contributed by atoms with Gasteiger partial charge in [-0.25, -0.2) is 4.79 Å². The molecular formula is C8H13FN2O2. The smallest absolute Gasteiger partial charge is 0.298 e. The average molecular weight is 188 g/mol. The van der Waals surface area contributed by atoms with E-state index >= 15 is 0 Å². The van der Waals surface area contributed by atoms with E-state index in [1.165, 1.54) is 0 Å². The SMILES string of the molecule is CC.CCn1cc(F)c(=O)[nH]c1=O. The number of H-pyrrole nitrogens is 1. The molecule has 0 spiro atoms. The van der Waals surface area contributed by atoms with Crippen LogP contribution in [0.4, 0.5) is 4.39 Å². The number of aromatic amines is 1. The van der Waals surface area contributed by atoms with Crippen molar-refractivity contribution in [1.29, 1.82) is 0 Å². The Morgan fingerprint density at radius 3 is 2.46 bits per heavy atom. The van der Waals surface area contributed by atoms with E-state index in [9.17, 15) is 14.0 Å². The van der Waals surface area contributed by atoms with Crippen LogP contribution in [0, 0.1) is 5.82 Å². The molecule has 0 saturated heterocycles. The summed E-state index contributed by atoms with van der Waals surface area (Å²) >= 11 is 0. The Morgan fingerprint density at radius 1 is 1.46 bits per heavy atom. The molecule has 0 aliphatic heterocycles. The first-order valence-corrected chi connectivity index (χ1v) is 4.14. The van der Waals surface area contributed by atoms with Gasteiger partial charge in [-0.3, -0.25) is 14.3 Å². The topological polar surface area (TPSA) is 54.9 Å². The third-order valence-corrected chi connectivity index (χ3v) is 1.31. The molecule has 5 heteroatoms. The number of halogens is 1. The molecule has 0 radical (unpaired) electrons. The van der Waals surface area contributed by atoms with E-state index in [2.05, 4.69) is 0 Å². The quantitative estimate of drug-likeness (QED) is 0.706. The highest BCUT2D eigenvalue weighted by atomic mass is 19.1. The molecule has 0 bridgehead atoms. The molecule has 0 aliphatic carbocycles. The first kappa shape index (κ1) is 11.6. The maximum atomic E-state index is 12.4. The van der Waals surface area contributed by atoms with Crippen molar-refractivity contribution in [1.82, 2.24) is 9.55 Å². The Bertz CT molecular complexity index is 367. The third-order valence-electron chi connectivity index (χ3n) is 1.31. The lowest BCUT2D eigenvalue weighted by Gasteiger charge is -1.97. The summed E-state index contributed by atoms with van der Waals surface area (Å²) in [5.74, 6) is -0.938. The van der Waals surface area contributed by atoms with Crippen molar-refractivity contribution < 1.29 is 4.39 Å². The fraction of sp³-hybridized carbons (Fsp3) is 0.500. The third kappa shape index (κ3) is 2.85. The highest BCUT2D eigenvalue weighted by Crippen LogP contribution is 1.82. The molecule has 0 fully saturated rings. The minimum atomic E-state index is -0.973. The van der Waals surface area contributed by atoms with Gasteiger partial charge in [-0.15, -0.1) is 0 Å². The molecule has 0 unspecified atom stereocenters. The number of nitrogens with one attached hydrogen (secondary N) is 1. The number of hydrogen-bond donors (Lipinski definition) is 1. The maximum absolute atomic E-state index is 12.4. The van der Waals surface area contributed by atoms with Gasteiger partial charge >= 0.3 is 5.69 Å². The van der Waals surface area contributed by atoms with Crippen molar-refractivity contribution in [2.75, 3.05) is 0 Å². The summed E-state index contributed by atoms with van der Waals surface area (Å²) < 4.78 is 13.5. The van der Waals surface area contributed by atoms with Crippen LogP contribution in [0.3, 0.4) is 0 Å². The molecule has 74 valence electrons. The van der Waals surface area contributed by atoms with E-state index in [1.807, 2.05) is 18.8 Å². The van der Waals surface area contributed by atoms with Gasteiger partial charge in [-0.2, -0.15) is 4.39 Å². The van der Waals surface area contributed by atoms with E-state index in [-0.39, 0.29) is 0 Å². The normalized spacial score (nSPS) is 8.92. The zero-order chi connectivity index (χ0) is 10.4. The van der Waals surface area contributed by atoms with Crippen LogP contribution in [0.15, 0.2) is 15.8 Å². The molecule has 0 atom stereocenters. The fourth-order valence-electron chi connectivity index (χ4n) is 0.718. The Kier molecular flexibility index (Phi) is 4.72. The minimum absolute atomic E-state index is 0.340. The van der Waals surface area contributed by atoms with Gasteiger partial charge < -0.3 is 0 Å². The Hall–Kier alpha value is -1.39. The molecule has 0 saturated carbocycles. The predicted molar refractivity (Wildman–Crippen MR) is 48.3 cm³/mol. The van der Waals surface area contributed by atoms with Crippen molar-refractivity contribution in [2.45, 2.75) is 27.3 Å². The van der Waals surface area contributed by atoms with Crippen LogP contribution in [0.25, 0.3) is 0 Å². The van der Waals surface area contributed by atoms with Crippen LogP contribution in [0.5, 0.6) is 0 Å². The highest BCUT2D eigenvalue weighted by molar-refractivity contribution is 4.86. The summed E-state index contributed by atoms with van der Waals surface area (Å²) in [6, 6.07) is 0. The molecule has 1 heterocycles. The van der Waals surface area contributed by atoms with Crippen LogP contribution in [0.1, 0.15) is 20.8 Å². The van der Waals surface area contributed by atoms with Crippen LogP contribution in [-0.4, -0.2) is 9.55 Å². The van der Waals surface area contributed by atoms with Crippen LogP contribution < -0.4 is 11.2 Å². The van der Waals surface area contributed by atoms with Crippen molar-refractivity contribution in [3.63, 3.8) is 0 Å². The minimum Gasteiger partial charge on any atom is -0.298 e. The molecule has 1 aromatic rings. The van der Waals surface area contributed by atoms with E-state index in [0.717, 1.165) is 10.8 Å². The van der Waals surface area contributed by atoms with E-state index in [1.54, 1.807) is 6.92 Å². The van der Waals surface area contributed by atoms with Crippen molar-refractivity contribution >= 4 is 0 Å². The first-order valence-electron chi connectivity index (χ1n) is 4.14. The zero-order valence-corrected chi connectivity index (χ0v) is 7.93.